The molecule has 0 aliphatic heterocycles. The second-order valence-corrected chi connectivity index (χ2v) is 5.10. The fraction of sp³-hybridized carbons (Fsp3) is 0.176. The van der Waals surface area contributed by atoms with Crippen molar-refractivity contribution in [3.05, 3.63) is 60.2 Å². The molecule has 118 valence electrons. The number of benzene rings is 2. The summed E-state index contributed by atoms with van der Waals surface area (Å²) in [6.45, 7) is 0.129. The lowest BCUT2D eigenvalue weighted by atomic mass is 10.3. The molecule has 0 saturated heterocycles. The van der Waals surface area contributed by atoms with Gasteiger partial charge >= 0.3 is 0 Å². The van der Waals surface area contributed by atoms with E-state index in [-0.39, 0.29) is 12.5 Å². The van der Waals surface area contributed by atoms with Gasteiger partial charge in [-0.1, -0.05) is 18.2 Å². The Hall–Kier alpha value is -2.89. The van der Waals surface area contributed by atoms with E-state index in [1.807, 2.05) is 35.9 Å². The van der Waals surface area contributed by atoms with E-state index in [1.165, 1.54) is 18.2 Å². The highest BCUT2D eigenvalue weighted by Gasteiger charge is 2.09. The molecule has 0 radical (unpaired) electrons. The summed E-state index contributed by atoms with van der Waals surface area (Å²) in [4.78, 5) is 16.3. The Bertz CT molecular complexity index is 845. The maximum absolute atomic E-state index is 13.0. The van der Waals surface area contributed by atoms with Crippen molar-refractivity contribution < 1.29 is 13.9 Å². The summed E-state index contributed by atoms with van der Waals surface area (Å²) in [5.74, 6) is 0.386. The molecule has 0 fully saturated rings. The van der Waals surface area contributed by atoms with E-state index in [9.17, 15) is 9.18 Å². The van der Waals surface area contributed by atoms with E-state index < -0.39 is 5.82 Å². The first-order valence-electron chi connectivity index (χ1n) is 7.19. The number of amides is 1. The molecule has 6 heteroatoms. The lowest BCUT2D eigenvalue weighted by Gasteiger charge is -2.07. The van der Waals surface area contributed by atoms with Crippen LogP contribution >= 0.6 is 0 Å². The van der Waals surface area contributed by atoms with Crippen LogP contribution < -0.4 is 10.1 Å². The molecule has 1 N–H and O–H groups in total. The van der Waals surface area contributed by atoms with Gasteiger partial charge in [0.1, 0.15) is 17.4 Å². The molecule has 0 saturated carbocycles. The smallest absolute Gasteiger partial charge is 0.258 e. The topological polar surface area (TPSA) is 56.2 Å². The molecule has 23 heavy (non-hydrogen) atoms. The minimum absolute atomic E-state index is 0.173. The van der Waals surface area contributed by atoms with Crippen LogP contribution in [0, 0.1) is 5.82 Å². The van der Waals surface area contributed by atoms with Gasteiger partial charge < -0.3 is 14.6 Å². The molecule has 0 spiro atoms. The van der Waals surface area contributed by atoms with Gasteiger partial charge in [0.25, 0.3) is 5.91 Å². The normalized spacial score (nSPS) is 10.7. The zero-order chi connectivity index (χ0) is 16.2. The van der Waals surface area contributed by atoms with Crippen molar-refractivity contribution in [2.24, 2.45) is 7.05 Å². The second kappa shape index (κ2) is 6.48. The first-order chi connectivity index (χ1) is 11.1. The summed E-state index contributed by atoms with van der Waals surface area (Å²) < 4.78 is 20.2. The van der Waals surface area contributed by atoms with Crippen LogP contribution in [0.5, 0.6) is 5.75 Å². The largest absolute Gasteiger partial charge is 0.484 e. The number of nitrogens with zero attached hydrogens (tertiary/aromatic N) is 2. The van der Waals surface area contributed by atoms with Crippen LogP contribution in [0.2, 0.25) is 0 Å². The van der Waals surface area contributed by atoms with Crippen molar-refractivity contribution in [2.75, 3.05) is 6.61 Å². The first kappa shape index (κ1) is 15.0. The van der Waals surface area contributed by atoms with Gasteiger partial charge in [-0.25, -0.2) is 9.37 Å². The van der Waals surface area contributed by atoms with Gasteiger partial charge in [0.05, 0.1) is 17.6 Å². The van der Waals surface area contributed by atoms with Gasteiger partial charge in [-0.3, -0.25) is 4.79 Å². The van der Waals surface area contributed by atoms with Gasteiger partial charge in [-0.15, -0.1) is 0 Å². The van der Waals surface area contributed by atoms with Crippen LogP contribution in [-0.4, -0.2) is 22.1 Å². The van der Waals surface area contributed by atoms with Gasteiger partial charge in [-0.05, 0) is 24.3 Å². The zero-order valence-electron chi connectivity index (χ0n) is 12.6. The molecule has 0 atom stereocenters. The fourth-order valence-corrected chi connectivity index (χ4v) is 2.29. The van der Waals surface area contributed by atoms with Gasteiger partial charge in [0.15, 0.2) is 6.61 Å². The van der Waals surface area contributed by atoms with Crippen molar-refractivity contribution >= 4 is 16.9 Å². The summed E-state index contributed by atoms with van der Waals surface area (Å²) in [7, 11) is 1.90. The minimum atomic E-state index is -0.400. The monoisotopic (exact) mass is 313 g/mol. The highest BCUT2D eigenvalue weighted by Crippen LogP contribution is 2.14. The molecule has 0 unspecified atom stereocenters. The van der Waals surface area contributed by atoms with Gasteiger partial charge in [-0.2, -0.15) is 0 Å². The fourth-order valence-electron chi connectivity index (χ4n) is 2.29. The van der Waals surface area contributed by atoms with Gasteiger partial charge in [0.2, 0.25) is 0 Å². The molecule has 5 nitrogen and oxygen atoms in total. The molecule has 1 heterocycles. The number of hydrogen-bond donors (Lipinski definition) is 1. The molecule has 0 aliphatic rings. The molecule has 2 aromatic carbocycles. The lowest BCUT2D eigenvalue weighted by Crippen LogP contribution is -2.29. The number of rotatable bonds is 5. The van der Waals surface area contributed by atoms with Crippen LogP contribution in [-0.2, 0) is 18.4 Å². The molecule has 3 aromatic rings. The van der Waals surface area contributed by atoms with E-state index in [1.54, 1.807) is 6.07 Å². The average molecular weight is 313 g/mol. The van der Waals surface area contributed by atoms with Crippen molar-refractivity contribution in [3.8, 4) is 5.75 Å². The first-order valence-corrected chi connectivity index (χ1v) is 7.19. The number of carbonyl (C=O) groups is 1. The number of halogens is 1. The number of imidazole rings is 1. The summed E-state index contributed by atoms with van der Waals surface area (Å²) in [5.41, 5.74) is 1.89. The Morgan fingerprint density at radius 1 is 1.26 bits per heavy atom. The van der Waals surface area contributed by atoms with Crippen molar-refractivity contribution in [3.63, 3.8) is 0 Å². The SMILES string of the molecule is Cn1c(CNC(=O)COc2cccc(F)c2)nc2ccccc21. The van der Waals surface area contributed by atoms with Crippen LogP contribution in [0.25, 0.3) is 11.0 Å². The Morgan fingerprint density at radius 3 is 2.87 bits per heavy atom. The van der Waals surface area contributed by atoms with Crippen molar-refractivity contribution in [1.82, 2.24) is 14.9 Å². The number of carbonyl (C=O) groups excluding carboxylic acids is 1. The maximum Gasteiger partial charge on any atom is 0.258 e. The van der Waals surface area contributed by atoms with E-state index >= 15 is 0 Å². The third-order valence-corrected chi connectivity index (χ3v) is 3.49. The number of para-hydroxylation sites is 2. The van der Waals surface area contributed by atoms with E-state index in [2.05, 4.69) is 10.3 Å². The Kier molecular flexibility index (Phi) is 4.23. The summed E-state index contributed by atoms with van der Waals surface area (Å²) in [5, 5.41) is 2.74. The Balaban J connectivity index is 1.57. The maximum atomic E-state index is 13.0. The molecule has 1 amide bonds. The van der Waals surface area contributed by atoms with E-state index in [0.717, 1.165) is 16.9 Å². The second-order valence-electron chi connectivity index (χ2n) is 5.10. The van der Waals surface area contributed by atoms with Crippen molar-refractivity contribution in [1.29, 1.82) is 0 Å². The number of nitrogens with one attached hydrogen (secondary N) is 1. The highest BCUT2D eigenvalue weighted by atomic mass is 19.1. The van der Waals surface area contributed by atoms with Crippen LogP contribution in [0.4, 0.5) is 4.39 Å². The van der Waals surface area contributed by atoms with E-state index in [4.69, 9.17) is 4.74 Å². The number of fused-ring (bicyclic) bond motifs is 1. The van der Waals surface area contributed by atoms with Crippen molar-refractivity contribution in [2.45, 2.75) is 6.54 Å². The van der Waals surface area contributed by atoms with Gasteiger partial charge in [0, 0.05) is 13.1 Å². The van der Waals surface area contributed by atoms with Crippen LogP contribution in [0.1, 0.15) is 5.82 Å². The number of aromatic nitrogens is 2. The average Bonchev–Trinajstić information content (AvgIpc) is 2.88. The molecule has 3 rings (SSSR count). The summed E-state index contributed by atoms with van der Waals surface area (Å²) in [6.07, 6.45) is 0. The van der Waals surface area contributed by atoms with E-state index in [0.29, 0.717) is 12.3 Å². The summed E-state index contributed by atoms with van der Waals surface area (Å²) >= 11 is 0. The lowest BCUT2D eigenvalue weighted by molar-refractivity contribution is -0.123. The third-order valence-electron chi connectivity index (χ3n) is 3.49. The quantitative estimate of drug-likeness (QED) is 0.787. The number of ether oxygens (including phenoxy) is 1. The predicted molar refractivity (Wildman–Crippen MR) is 84.5 cm³/mol. The molecule has 1 aromatic heterocycles. The predicted octanol–water partition coefficient (Wildman–Crippen LogP) is 2.41. The minimum Gasteiger partial charge on any atom is -0.484 e. The number of aryl methyl sites for hydroxylation is 1. The standard InChI is InChI=1S/C17H16FN3O2/c1-21-15-8-3-2-7-14(15)20-16(21)10-19-17(22)11-23-13-6-4-5-12(18)9-13/h2-9H,10-11H2,1H3,(H,19,22). The molecule has 0 bridgehead atoms. The van der Waals surface area contributed by atoms with Crippen LogP contribution in [0.15, 0.2) is 48.5 Å². The molecular weight excluding hydrogens is 297 g/mol. The summed E-state index contributed by atoms with van der Waals surface area (Å²) in [6, 6.07) is 13.4. The molecular formula is C17H16FN3O2. The Morgan fingerprint density at radius 2 is 2.09 bits per heavy atom. The third kappa shape index (κ3) is 3.48. The number of hydrogen-bond acceptors (Lipinski definition) is 3. The van der Waals surface area contributed by atoms with Crippen LogP contribution in [0.3, 0.4) is 0 Å². The highest BCUT2D eigenvalue weighted by molar-refractivity contribution is 5.78. The Labute approximate surface area is 132 Å². The zero-order valence-corrected chi connectivity index (χ0v) is 12.6. The molecule has 0 aliphatic carbocycles.